The molecule has 1 heterocycles. The summed E-state index contributed by atoms with van der Waals surface area (Å²) in [4.78, 5) is 29.1. The first-order valence-electron chi connectivity index (χ1n) is 4.41. The van der Waals surface area contributed by atoms with Crippen LogP contribution in [0.3, 0.4) is 0 Å². The lowest BCUT2D eigenvalue weighted by molar-refractivity contribution is -0.117. The summed E-state index contributed by atoms with van der Waals surface area (Å²) in [6, 6.07) is 0. The molecule has 0 fully saturated rings. The number of carboxylic acids is 1. The van der Waals surface area contributed by atoms with Crippen molar-refractivity contribution in [3.63, 3.8) is 0 Å². The quantitative estimate of drug-likeness (QED) is 0.712. The van der Waals surface area contributed by atoms with Gasteiger partial charge in [0.15, 0.2) is 0 Å². The average molecular weight is 209 g/mol. The molecule has 0 spiro atoms. The van der Waals surface area contributed by atoms with Gasteiger partial charge in [0.25, 0.3) is 0 Å². The predicted octanol–water partition coefficient (Wildman–Crippen LogP) is -0.235. The highest BCUT2D eigenvalue weighted by Gasteiger charge is 2.12. The Morgan fingerprint density at radius 1 is 1.53 bits per heavy atom. The van der Waals surface area contributed by atoms with Crippen molar-refractivity contribution in [1.82, 2.24) is 9.97 Å². The van der Waals surface area contributed by atoms with Crippen molar-refractivity contribution in [3.8, 4) is 0 Å². The van der Waals surface area contributed by atoms with Crippen molar-refractivity contribution in [2.45, 2.75) is 19.8 Å². The molecule has 0 aromatic carbocycles. The minimum Gasteiger partial charge on any atom is -0.478 e. The first-order chi connectivity index (χ1) is 7.04. The van der Waals surface area contributed by atoms with Crippen molar-refractivity contribution in [3.05, 3.63) is 23.3 Å². The average Bonchev–Trinajstić information content (AvgIpc) is 2.16. The van der Waals surface area contributed by atoms with Crippen LogP contribution in [-0.4, -0.2) is 27.0 Å². The molecule has 0 saturated carbocycles. The van der Waals surface area contributed by atoms with E-state index < -0.39 is 11.9 Å². The number of rotatable bonds is 4. The highest BCUT2D eigenvalue weighted by molar-refractivity contribution is 5.88. The Labute approximate surface area is 86.2 Å². The second-order valence-electron chi connectivity index (χ2n) is 2.95. The summed E-state index contributed by atoms with van der Waals surface area (Å²) in [5.41, 5.74) is 5.45. The Morgan fingerprint density at radius 2 is 2.20 bits per heavy atom. The molecule has 0 atom stereocenters. The van der Waals surface area contributed by atoms with Crippen LogP contribution in [0.1, 0.15) is 28.8 Å². The molecular weight excluding hydrogens is 198 g/mol. The zero-order valence-electron chi connectivity index (χ0n) is 8.23. The Bertz CT molecular complexity index is 404. The summed E-state index contributed by atoms with van der Waals surface area (Å²) >= 11 is 0. The molecule has 15 heavy (non-hydrogen) atoms. The smallest absolute Gasteiger partial charge is 0.339 e. The normalized spacial score (nSPS) is 9.93. The number of aromatic nitrogens is 2. The number of nitrogens with two attached hydrogens (primary N) is 1. The Balaban J connectivity index is 3.07. The standard InChI is InChI=1S/C9H11N3O3/c1-2-6-5(9(14)15)4-11-8(12-6)3-7(10)13/h4H,2-3H2,1H3,(H2,10,13)(H,14,15). The first-order valence-corrected chi connectivity index (χ1v) is 4.41. The van der Waals surface area contributed by atoms with E-state index in [0.29, 0.717) is 12.1 Å². The molecule has 0 radical (unpaired) electrons. The third-order valence-corrected chi connectivity index (χ3v) is 1.82. The van der Waals surface area contributed by atoms with E-state index in [9.17, 15) is 9.59 Å². The van der Waals surface area contributed by atoms with Gasteiger partial charge in [0.05, 0.1) is 17.7 Å². The number of carboxylic acid groups (broad SMARTS) is 1. The van der Waals surface area contributed by atoms with Gasteiger partial charge in [-0.25, -0.2) is 14.8 Å². The van der Waals surface area contributed by atoms with Crippen LogP contribution < -0.4 is 5.73 Å². The molecule has 1 amide bonds. The van der Waals surface area contributed by atoms with Crippen LogP contribution in [0.25, 0.3) is 0 Å². The lowest BCUT2D eigenvalue weighted by atomic mass is 10.2. The Hall–Kier alpha value is -1.98. The molecule has 1 rings (SSSR count). The third-order valence-electron chi connectivity index (χ3n) is 1.82. The molecule has 3 N–H and O–H groups in total. The molecule has 6 heteroatoms. The van der Waals surface area contributed by atoms with Gasteiger partial charge in [-0.1, -0.05) is 6.92 Å². The Kier molecular flexibility index (Phi) is 3.33. The Morgan fingerprint density at radius 3 is 2.67 bits per heavy atom. The summed E-state index contributed by atoms with van der Waals surface area (Å²) in [6.45, 7) is 1.78. The number of aryl methyl sites for hydroxylation is 1. The number of nitrogens with zero attached hydrogens (tertiary/aromatic N) is 2. The van der Waals surface area contributed by atoms with Gasteiger partial charge in [0, 0.05) is 6.20 Å². The highest BCUT2D eigenvalue weighted by Crippen LogP contribution is 2.06. The van der Waals surface area contributed by atoms with Crippen molar-refractivity contribution in [2.75, 3.05) is 0 Å². The van der Waals surface area contributed by atoms with Gasteiger partial charge in [-0.15, -0.1) is 0 Å². The van der Waals surface area contributed by atoms with Gasteiger partial charge in [-0.05, 0) is 6.42 Å². The zero-order chi connectivity index (χ0) is 11.4. The van der Waals surface area contributed by atoms with Crippen LogP contribution in [0, 0.1) is 0 Å². The minimum absolute atomic E-state index is 0.0609. The van der Waals surface area contributed by atoms with Crippen LogP contribution in [0.5, 0.6) is 0 Å². The largest absolute Gasteiger partial charge is 0.478 e. The lowest BCUT2D eigenvalue weighted by Gasteiger charge is -2.03. The van der Waals surface area contributed by atoms with E-state index in [0.717, 1.165) is 0 Å². The second kappa shape index (κ2) is 4.50. The predicted molar refractivity (Wildman–Crippen MR) is 51.3 cm³/mol. The first kappa shape index (κ1) is 11.1. The number of carbonyl (C=O) groups is 2. The molecule has 0 bridgehead atoms. The molecule has 0 aliphatic heterocycles. The van der Waals surface area contributed by atoms with E-state index >= 15 is 0 Å². The van der Waals surface area contributed by atoms with Crippen LogP contribution in [0.4, 0.5) is 0 Å². The zero-order valence-corrected chi connectivity index (χ0v) is 8.23. The fourth-order valence-electron chi connectivity index (χ4n) is 1.15. The number of primary amides is 1. The fourth-order valence-corrected chi connectivity index (χ4v) is 1.15. The van der Waals surface area contributed by atoms with E-state index in [-0.39, 0.29) is 17.8 Å². The van der Waals surface area contributed by atoms with E-state index in [1.165, 1.54) is 6.20 Å². The molecule has 6 nitrogen and oxygen atoms in total. The number of hydrogen-bond acceptors (Lipinski definition) is 4. The molecule has 0 unspecified atom stereocenters. The minimum atomic E-state index is -1.07. The molecule has 0 aliphatic rings. The summed E-state index contributed by atoms with van der Waals surface area (Å²) in [6.07, 6.45) is 1.59. The van der Waals surface area contributed by atoms with Crippen LogP contribution in [0.15, 0.2) is 6.20 Å². The summed E-state index contributed by atoms with van der Waals surface area (Å²) in [7, 11) is 0. The van der Waals surface area contributed by atoms with Gasteiger partial charge in [0.2, 0.25) is 5.91 Å². The number of hydrogen-bond donors (Lipinski definition) is 2. The SMILES string of the molecule is CCc1nc(CC(N)=O)ncc1C(=O)O. The van der Waals surface area contributed by atoms with Gasteiger partial charge in [-0.2, -0.15) is 0 Å². The topological polar surface area (TPSA) is 106 Å². The number of carbonyl (C=O) groups excluding carboxylic acids is 1. The van der Waals surface area contributed by atoms with Gasteiger partial charge in [0.1, 0.15) is 5.82 Å². The number of amides is 1. The van der Waals surface area contributed by atoms with Crippen molar-refractivity contribution in [2.24, 2.45) is 5.73 Å². The second-order valence-corrected chi connectivity index (χ2v) is 2.95. The van der Waals surface area contributed by atoms with Gasteiger partial charge < -0.3 is 10.8 Å². The van der Waals surface area contributed by atoms with E-state index in [1.54, 1.807) is 6.92 Å². The van der Waals surface area contributed by atoms with E-state index in [1.807, 2.05) is 0 Å². The van der Waals surface area contributed by atoms with E-state index in [2.05, 4.69) is 9.97 Å². The highest BCUT2D eigenvalue weighted by atomic mass is 16.4. The summed E-state index contributed by atoms with van der Waals surface area (Å²) in [5, 5.41) is 8.80. The molecule has 80 valence electrons. The molecule has 1 aromatic rings. The van der Waals surface area contributed by atoms with Crippen molar-refractivity contribution in [1.29, 1.82) is 0 Å². The molecule has 0 saturated heterocycles. The van der Waals surface area contributed by atoms with Crippen LogP contribution in [0.2, 0.25) is 0 Å². The van der Waals surface area contributed by atoms with Crippen molar-refractivity contribution < 1.29 is 14.7 Å². The fraction of sp³-hybridized carbons (Fsp3) is 0.333. The van der Waals surface area contributed by atoms with Crippen LogP contribution in [-0.2, 0) is 17.6 Å². The summed E-state index contributed by atoms with van der Waals surface area (Å²) < 4.78 is 0. The molecular formula is C9H11N3O3. The lowest BCUT2D eigenvalue weighted by Crippen LogP contribution is -2.17. The van der Waals surface area contributed by atoms with E-state index in [4.69, 9.17) is 10.8 Å². The maximum absolute atomic E-state index is 10.7. The maximum atomic E-state index is 10.7. The van der Waals surface area contributed by atoms with Gasteiger partial charge in [-0.3, -0.25) is 4.79 Å². The van der Waals surface area contributed by atoms with Gasteiger partial charge >= 0.3 is 5.97 Å². The summed E-state index contributed by atoms with van der Waals surface area (Å²) in [5.74, 6) is -1.36. The number of aromatic carboxylic acids is 1. The maximum Gasteiger partial charge on any atom is 0.339 e. The monoisotopic (exact) mass is 209 g/mol. The van der Waals surface area contributed by atoms with Crippen LogP contribution >= 0.6 is 0 Å². The molecule has 1 aromatic heterocycles. The molecule has 0 aliphatic carbocycles. The third kappa shape index (κ3) is 2.73. The van der Waals surface area contributed by atoms with Crippen molar-refractivity contribution >= 4 is 11.9 Å².